The lowest BCUT2D eigenvalue weighted by molar-refractivity contribution is -0.132. The van der Waals surface area contributed by atoms with Crippen LogP contribution in [0, 0.1) is 0 Å². The number of rotatable bonds is 2. The predicted molar refractivity (Wildman–Crippen MR) is 75.4 cm³/mol. The fourth-order valence-electron chi connectivity index (χ4n) is 2.70. The fraction of sp³-hybridized carbons (Fsp3) is 0.438. The minimum atomic E-state index is 0.0122. The van der Waals surface area contributed by atoms with Gasteiger partial charge in [0.2, 0.25) is 0 Å². The first-order chi connectivity index (χ1) is 9.78. The third-order valence-corrected chi connectivity index (χ3v) is 3.86. The van der Waals surface area contributed by atoms with Gasteiger partial charge in [-0.25, -0.2) is 0 Å². The van der Waals surface area contributed by atoms with Gasteiger partial charge in [-0.2, -0.15) is 0 Å². The molecular weight excluding hydrogens is 254 g/mol. The van der Waals surface area contributed by atoms with Crippen molar-refractivity contribution in [3.63, 3.8) is 0 Å². The van der Waals surface area contributed by atoms with Gasteiger partial charge >= 0.3 is 0 Å². The average molecular weight is 273 g/mol. The van der Waals surface area contributed by atoms with Gasteiger partial charge < -0.3 is 14.4 Å². The van der Waals surface area contributed by atoms with E-state index in [0.717, 1.165) is 31.6 Å². The van der Waals surface area contributed by atoms with E-state index in [0.29, 0.717) is 18.9 Å². The SMILES string of the molecule is COc1ccc2c(c1)CN(C(=O)C1=CCCCO1)CC2. The Morgan fingerprint density at radius 2 is 2.25 bits per heavy atom. The normalized spacial score (nSPS) is 17.9. The molecule has 106 valence electrons. The molecule has 0 bridgehead atoms. The lowest BCUT2D eigenvalue weighted by atomic mass is 9.99. The topological polar surface area (TPSA) is 38.8 Å². The summed E-state index contributed by atoms with van der Waals surface area (Å²) in [5.74, 6) is 1.37. The summed E-state index contributed by atoms with van der Waals surface area (Å²) in [6.07, 6.45) is 4.72. The predicted octanol–water partition coefficient (Wildman–Crippen LogP) is 2.27. The number of nitrogens with zero attached hydrogens (tertiary/aromatic N) is 1. The number of hydrogen-bond donors (Lipinski definition) is 0. The van der Waals surface area contributed by atoms with Gasteiger partial charge in [0, 0.05) is 13.1 Å². The second-order valence-corrected chi connectivity index (χ2v) is 5.17. The molecule has 0 atom stereocenters. The maximum Gasteiger partial charge on any atom is 0.288 e. The van der Waals surface area contributed by atoms with E-state index in [2.05, 4.69) is 6.07 Å². The molecule has 2 aliphatic rings. The Morgan fingerprint density at radius 1 is 1.35 bits per heavy atom. The summed E-state index contributed by atoms with van der Waals surface area (Å²) in [4.78, 5) is 14.3. The van der Waals surface area contributed by atoms with Gasteiger partial charge in [0.15, 0.2) is 5.76 Å². The van der Waals surface area contributed by atoms with Crippen LogP contribution in [-0.2, 0) is 22.5 Å². The molecule has 0 spiro atoms. The Hall–Kier alpha value is -1.97. The zero-order chi connectivity index (χ0) is 13.9. The molecule has 0 fully saturated rings. The Kier molecular flexibility index (Phi) is 3.63. The number of benzene rings is 1. The van der Waals surface area contributed by atoms with Crippen molar-refractivity contribution in [1.82, 2.24) is 4.90 Å². The van der Waals surface area contributed by atoms with Crippen LogP contribution >= 0.6 is 0 Å². The van der Waals surface area contributed by atoms with Crippen LogP contribution in [0.2, 0.25) is 0 Å². The summed E-state index contributed by atoms with van der Waals surface area (Å²) in [6, 6.07) is 6.08. The first-order valence-electron chi connectivity index (χ1n) is 7.06. The maximum atomic E-state index is 12.4. The Morgan fingerprint density at radius 3 is 3.00 bits per heavy atom. The highest BCUT2D eigenvalue weighted by Crippen LogP contribution is 2.25. The second-order valence-electron chi connectivity index (χ2n) is 5.17. The van der Waals surface area contributed by atoms with Gasteiger partial charge in [0.05, 0.1) is 13.7 Å². The van der Waals surface area contributed by atoms with Gasteiger partial charge in [0.1, 0.15) is 5.75 Å². The van der Waals surface area contributed by atoms with Crippen LogP contribution in [0.15, 0.2) is 30.0 Å². The van der Waals surface area contributed by atoms with E-state index < -0.39 is 0 Å². The molecule has 0 N–H and O–H groups in total. The quantitative estimate of drug-likeness (QED) is 0.829. The van der Waals surface area contributed by atoms with E-state index >= 15 is 0 Å². The van der Waals surface area contributed by atoms with E-state index in [1.54, 1.807) is 7.11 Å². The van der Waals surface area contributed by atoms with E-state index in [1.807, 2.05) is 23.1 Å². The van der Waals surface area contributed by atoms with Crippen molar-refractivity contribution >= 4 is 5.91 Å². The number of allylic oxidation sites excluding steroid dienone is 1. The molecule has 4 nitrogen and oxygen atoms in total. The molecule has 0 radical (unpaired) electrons. The second kappa shape index (κ2) is 5.57. The zero-order valence-electron chi connectivity index (χ0n) is 11.7. The van der Waals surface area contributed by atoms with Crippen molar-refractivity contribution in [2.45, 2.75) is 25.8 Å². The molecule has 1 aromatic carbocycles. The molecule has 20 heavy (non-hydrogen) atoms. The van der Waals surface area contributed by atoms with E-state index in [-0.39, 0.29) is 5.91 Å². The van der Waals surface area contributed by atoms with Crippen molar-refractivity contribution in [3.8, 4) is 5.75 Å². The van der Waals surface area contributed by atoms with Crippen molar-refractivity contribution in [2.24, 2.45) is 0 Å². The largest absolute Gasteiger partial charge is 0.497 e. The van der Waals surface area contributed by atoms with Crippen LogP contribution in [0.1, 0.15) is 24.0 Å². The molecule has 1 aromatic rings. The third-order valence-electron chi connectivity index (χ3n) is 3.86. The first kappa shape index (κ1) is 13.0. The zero-order valence-corrected chi connectivity index (χ0v) is 11.7. The highest BCUT2D eigenvalue weighted by Gasteiger charge is 2.25. The number of carbonyl (C=O) groups excluding carboxylic acids is 1. The average Bonchev–Trinajstić information content (AvgIpc) is 2.54. The van der Waals surface area contributed by atoms with Crippen LogP contribution in [0.25, 0.3) is 0 Å². The van der Waals surface area contributed by atoms with Crippen LogP contribution in [0.4, 0.5) is 0 Å². The number of methoxy groups -OCH3 is 1. The van der Waals surface area contributed by atoms with Crippen molar-refractivity contribution in [1.29, 1.82) is 0 Å². The summed E-state index contributed by atoms with van der Waals surface area (Å²) in [7, 11) is 1.66. The van der Waals surface area contributed by atoms with Crippen LogP contribution in [0.3, 0.4) is 0 Å². The highest BCUT2D eigenvalue weighted by atomic mass is 16.5. The molecule has 4 heteroatoms. The first-order valence-corrected chi connectivity index (χ1v) is 7.06. The summed E-state index contributed by atoms with van der Waals surface area (Å²) in [6.45, 7) is 2.03. The molecule has 3 rings (SSSR count). The standard InChI is InChI=1S/C16H19NO3/c1-19-14-6-5-12-7-8-17(11-13(12)10-14)16(18)15-4-2-3-9-20-15/h4-6,10H,2-3,7-9,11H2,1H3. The molecular formula is C16H19NO3. The Bertz CT molecular complexity index is 551. The molecule has 0 saturated carbocycles. The molecule has 0 unspecified atom stereocenters. The molecule has 0 aliphatic carbocycles. The smallest absolute Gasteiger partial charge is 0.288 e. The van der Waals surface area contributed by atoms with Gasteiger partial charge in [-0.05, 0) is 48.6 Å². The van der Waals surface area contributed by atoms with Gasteiger partial charge in [-0.15, -0.1) is 0 Å². The number of amides is 1. The number of ether oxygens (including phenoxy) is 2. The van der Waals surface area contributed by atoms with Crippen molar-refractivity contribution < 1.29 is 14.3 Å². The van der Waals surface area contributed by atoms with Crippen molar-refractivity contribution in [3.05, 3.63) is 41.2 Å². The summed E-state index contributed by atoms with van der Waals surface area (Å²) in [5.41, 5.74) is 2.47. The third kappa shape index (κ3) is 2.50. The molecule has 0 saturated heterocycles. The molecule has 0 aromatic heterocycles. The number of hydrogen-bond acceptors (Lipinski definition) is 3. The van der Waals surface area contributed by atoms with E-state index in [9.17, 15) is 4.79 Å². The Balaban J connectivity index is 1.77. The summed E-state index contributed by atoms with van der Waals surface area (Å²) in [5, 5.41) is 0. The van der Waals surface area contributed by atoms with Gasteiger partial charge in [-0.1, -0.05) is 6.07 Å². The van der Waals surface area contributed by atoms with Crippen LogP contribution in [-0.4, -0.2) is 31.1 Å². The van der Waals surface area contributed by atoms with Crippen LogP contribution in [0.5, 0.6) is 5.75 Å². The minimum Gasteiger partial charge on any atom is -0.497 e. The molecule has 2 aliphatic heterocycles. The minimum absolute atomic E-state index is 0.0122. The monoisotopic (exact) mass is 273 g/mol. The Labute approximate surface area is 119 Å². The van der Waals surface area contributed by atoms with Crippen LogP contribution < -0.4 is 4.74 Å². The van der Waals surface area contributed by atoms with E-state index in [1.165, 1.54) is 11.1 Å². The van der Waals surface area contributed by atoms with Gasteiger partial charge in [-0.3, -0.25) is 4.79 Å². The van der Waals surface area contributed by atoms with Crippen molar-refractivity contribution in [2.75, 3.05) is 20.3 Å². The van der Waals surface area contributed by atoms with Gasteiger partial charge in [0.25, 0.3) is 5.91 Å². The lowest BCUT2D eigenvalue weighted by Gasteiger charge is -2.30. The summed E-state index contributed by atoms with van der Waals surface area (Å²) < 4.78 is 10.7. The molecule has 2 heterocycles. The maximum absolute atomic E-state index is 12.4. The number of fused-ring (bicyclic) bond motifs is 1. The number of carbonyl (C=O) groups is 1. The summed E-state index contributed by atoms with van der Waals surface area (Å²) >= 11 is 0. The lowest BCUT2D eigenvalue weighted by Crippen LogP contribution is -2.37. The van der Waals surface area contributed by atoms with E-state index in [4.69, 9.17) is 9.47 Å². The fourth-order valence-corrected chi connectivity index (χ4v) is 2.70. The molecule has 1 amide bonds. The highest BCUT2D eigenvalue weighted by molar-refractivity contribution is 5.91.